The molecule has 4 atom stereocenters. The number of β-amino-alcohol motifs (C(OH)–C–C–N with tert-alkyl or cyclic N) is 1. The molecule has 1 rings (SSSR count). The van der Waals surface area contributed by atoms with Crippen LogP contribution in [-0.4, -0.2) is 105 Å². The zero-order valence-corrected chi connectivity index (χ0v) is 13.2. The van der Waals surface area contributed by atoms with Crippen molar-refractivity contribution in [3.8, 4) is 0 Å². The van der Waals surface area contributed by atoms with Gasteiger partial charge in [-0.15, -0.1) is 0 Å². The number of hydrogen-bond donors (Lipinski definition) is 5. The van der Waals surface area contributed by atoms with E-state index in [1.807, 2.05) is 4.90 Å². The standard InChI is InChI=1S/C14H30N2O5/c1-14(2,3)16-6-4-15(5-7-16)8-10(18)12(20)13(21)11(19)9-17/h10-13,17-21H,4-9H2,1-3H3/t10-,11+,12+,13-/m0/s1. The van der Waals surface area contributed by atoms with Gasteiger partial charge in [-0.25, -0.2) is 0 Å². The molecule has 7 heteroatoms. The van der Waals surface area contributed by atoms with Crippen molar-refractivity contribution in [2.45, 2.75) is 50.7 Å². The minimum Gasteiger partial charge on any atom is -0.394 e. The zero-order chi connectivity index (χ0) is 16.2. The van der Waals surface area contributed by atoms with Gasteiger partial charge in [0.15, 0.2) is 0 Å². The van der Waals surface area contributed by atoms with Crippen LogP contribution in [0.3, 0.4) is 0 Å². The van der Waals surface area contributed by atoms with Gasteiger partial charge in [-0.2, -0.15) is 0 Å². The van der Waals surface area contributed by atoms with Gasteiger partial charge in [0.1, 0.15) is 18.3 Å². The maximum atomic E-state index is 9.95. The van der Waals surface area contributed by atoms with Gasteiger partial charge in [-0.05, 0) is 20.8 Å². The molecule has 0 aromatic rings. The molecule has 0 bridgehead atoms. The highest BCUT2D eigenvalue weighted by Gasteiger charge is 2.32. The zero-order valence-electron chi connectivity index (χ0n) is 13.2. The molecule has 0 radical (unpaired) electrons. The van der Waals surface area contributed by atoms with Crippen LogP contribution in [0.1, 0.15) is 20.8 Å². The van der Waals surface area contributed by atoms with Gasteiger partial charge in [-0.1, -0.05) is 0 Å². The summed E-state index contributed by atoms with van der Waals surface area (Å²) in [5.41, 5.74) is 0.117. The average Bonchev–Trinajstić information content (AvgIpc) is 2.44. The first kappa shape index (κ1) is 18.8. The van der Waals surface area contributed by atoms with E-state index in [9.17, 15) is 20.4 Å². The van der Waals surface area contributed by atoms with Gasteiger partial charge in [0, 0.05) is 38.3 Å². The third-order valence-corrected chi connectivity index (χ3v) is 4.09. The van der Waals surface area contributed by atoms with Crippen LogP contribution in [0.4, 0.5) is 0 Å². The number of hydrogen-bond acceptors (Lipinski definition) is 7. The predicted molar refractivity (Wildman–Crippen MR) is 78.9 cm³/mol. The van der Waals surface area contributed by atoms with E-state index in [4.69, 9.17) is 5.11 Å². The number of aliphatic hydroxyl groups is 5. The molecule has 21 heavy (non-hydrogen) atoms. The molecule has 1 heterocycles. The fourth-order valence-corrected chi connectivity index (χ4v) is 2.54. The summed E-state index contributed by atoms with van der Waals surface area (Å²) < 4.78 is 0. The highest BCUT2D eigenvalue weighted by Crippen LogP contribution is 2.16. The van der Waals surface area contributed by atoms with Gasteiger partial charge in [0.2, 0.25) is 0 Å². The van der Waals surface area contributed by atoms with Crippen molar-refractivity contribution in [1.29, 1.82) is 0 Å². The maximum absolute atomic E-state index is 9.95. The average molecular weight is 306 g/mol. The smallest absolute Gasteiger partial charge is 0.111 e. The second-order valence-electron chi connectivity index (χ2n) is 6.76. The van der Waals surface area contributed by atoms with E-state index in [0.29, 0.717) is 0 Å². The minimum atomic E-state index is -1.55. The summed E-state index contributed by atoms with van der Waals surface area (Å²) in [4.78, 5) is 4.38. The van der Waals surface area contributed by atoms with Crippen molar-refractivity contribution in [1.82, 2.24) is 9.80 Å². The van der Waals surface area contributed by atoms with Crippen molar-refractivity contribution in [3.63, 3.8) is 0 Å². The monoisotopic (exact) mass is 306 g/mol. The van der Waals surface area contributed by atoms with Crippen LogP contribution in [0.2, 0.25) is 0 Å². The van der Waals surface area contributed by atoms with Gasteiger partial charge in [-0.3, -0.25) is 9.80 Å². The first-order valence-electron chi connectivity index (χ1n) is 7.47. The molecule has 0 amide bonds. The van der Waals surface area contributed by atoms with E-state index >= 15 is 0 Å². The highest BCUT2D eigenvalue weighted by atomic mass is 16.4. The second kappa shape index (κ2) is 7.82. The number of aliphatic hydroxyl groups excluding tert-OH is 5. The summed E-state index contributed by atoms with van der Waals surface area (Å²) >= 11 is 0. The van der Waals surface area contributed by atoms with Crippen molar-refractivity contribution < 1.29 is 25.5 Å². The molecule has 0 spiro atoms. The molecule has 0 aliphatic carbocycles. The van der Waals surface area contributed by atoms with Gasteiger partial charge in [0.25, 0.3) is 0 Å². The fourth-order valence-electron chi connectivity index (χ4n) is 2.54. The molecule has 1 fully saturated rings. The summed E-state index contributed by atoms with van der Waals surface area (Å²) in [6, 6.07) is 0. The van der Waals surface area contributed by atoms with Crippen LogP contribution in [0.25, 0.3) is 0 Å². The summed E-state index contributed by atoms with van der Waals surface area (Å²) in [6.45, 7) is 9.38. The summed E-state index contributed by atoms with van der Waals surface area (Å²) in [7, 11) is 0. The third-order valence-electron chi connectivity index (χ3n) is 4.09. The highest BCUT2D eigenvalue weighted by molar-refractivity contribution is 4.86. The summed E-state index contributed by atoms with van der Waals surface area (Å²) in [5, 5.41) is 47.4. The lowest BCUT2D eigenvalue weighted by molar-refractivity contribution is -0.121. The quantitative estimate of drug-likeness (QED) is 0.380. The third kappa shape index (κ3) is 5.45. The predicted octanol–water partition coefficient (Wildman–Crippen LogP) is -2.16. The minimum absolute atomic E-state index is 0.117. The van der Waals surface area contributed by atoms with E-state index in [0.717, 1.165) is 26.2 Å². The Bertz CT molecular complexity index is 302. The van der Waals surface area contributed by atoms with E-state index < -0.39 is 31.0 Å². The van der Waals surface area contributed by atoms with Crippen LogP contribution < -0.4 is 0 Å². The molecule has 7 nitrogen and oxygen atoms in total. The molecule has 1 aliphatic heterocycles. The molecule has 0 aromatic heterocycles. The number of nitrogens with zero attached hydrogens (tertiary/aromatic N) is 2. The first-order chi connectivity index (χ1) is 9.66. The fraction of sp³-hybridized carbons (Fsp3) is 1.00. The first-order valence-corrected chi connectivity index (χ1v) is 7.47. The Morgan fingerprint density at radius 1 is 0.857 bits per heavy atom. The molecule has 1 saturated heterocycles. The van der Waals surface area contributed by atoms with Gasteiger partial charge < -0.3 is 25.5 Å². The molecule has 1 aliphatic rings. The lowest BCUT2D eigenvalue weighted by atomic mass is 10.0. The molecule has 126 valence electrons. The Balaban J connectivity index is 2.41. The SMILES string of the molecule is CC(C)(C)N1CCN(C[C@H](O)[C@@H](O)[C@@H](O)[C@H](O)CO)CC1. The molecular formula is C14H30N2O5. The Kier molecular flexibility index (Phi) is 6.99. The molecular weight excluding hydrogens is 276 g/mol. The molecule has 5 N–H and O–H groups in total. The summed E-state index contributed by atoms with van der Waals surface area (Å²) in [5.74, 6) is 0. The van der Waals surface area contributed by atoms with Crippen molar-refractivity contribution in [2.24, 2.45) is 0 Å². The Morgan fingerprint density at radius 3 is 1.76 bits per heavy atom. The van der Waals surface area contributed by atoms with Crippen molar-refractivity contribution in [2.75, 3.05) is 39.3 Å². The van der Waals surface area contributed by atoms with E-state index in [2.05, 4.69) is 25.7 Å². The van der Waals surface area contributed by atoms with E-state index in [1.165, 1.54) is 0 Å². The van der Waals surface area contributed by atoms with Crippen LogP contribution in [-0.2, 0) is 0 Å². The van der Waals surface area contributed by atoms with E-state index in [-0.39, 0.29) is 12.1 Å². The van der Waals surface area contributed by atoms with Gasteiger partial charge in [0.05, 0.1) is 12.7 Å². The maximum Gasteiger partial charge on any atom is 0.111 e. The molecule has 0 aromatic carbocycles. The van der Waals surface area contributed by atoms with E-state index in [1.54, 1.807) is 0 Å². The van der Waals surface area contributed by atoms with Crippen LogP contribution >= 0.6 is 0 Å². The topological polar surface area (TPSA) is 108 Å². The van der Waals surface area contributed by atoms with Crippen molar-refractivity contribution >= 4 is 0 Å². The van der Waals surface area contributed by atoms with Crippen LogP contribution in [0.5, 0.6) is 0 Å². The summed E-state index contributed by atoms with van der Waals surface area (Å²) in [6.07, 6.45) is -5.65. The Morgan fingerprint density at radius 2 is 1.33 bits per heavy atom. The normalized spacial score (nSPS) is 24.6. The van der Waals surface area contributed by atoms with Crippen LogP contribution in [0.15, 0.2) is 0 Å². The van der Waals surface area contributed by atoms with Crippen molar-refractivity contribution in [3.05, 3.63) is 0 Å². The largest absolute Gasteiger partial charge is 0.394 e. The number of piperazine rings is 1. The molecule has 0 unspecified atom stereocenters. The van der Waals surface area contributed by atoms with Gasteiger partial charge >= 0.3 is 0 Å². The Labute approximate surface area is 126 Å². The van der Waals surface area contributed by atoms with Crippen LogP contribution in [0, 0.1) is 0 Å². The lowest BCUT2D eigenvalue weighted by Gasteiger charge is -2.43. The molecule has 0 saturated carbocycles. The lowest BCUT2D eigenvalue weighted by Crippen LogP contribution is -2.56. The number of rotatable bonds is 6. The Hall–Kier alpha value is -0.280. The second-order valence-corrected chi connectivity index (χ2v) is 6.76.